The van der Waals surface area contributed by atoms with Gasteiger partial charge in [-0.15, -0.1) is 0 Å². The maximum Gasteiger partial charge on any atom is 0.294 e. The standard InChI is InChI=1S/C23H21FN2O5S/c1-15(27)26-18(13-24)14-25(23(28)22-4-3-11-31-22)21-12-17(7-10-20(21)26)16-5-8-19(9-6-16)32(2,29)30/h3-12,18H,13-14H2,1-2H3/t18-/m0/s1. The third kappa shape index (κ3) is 3.91. The molecule has 1 aromatic heterocycles. The highest BCUT2D eigenvalue weighted by Crippen LogP contribution is 2.40. The molecule has 2 amide bonds. The van der Waals surface area contributed by atoms with Gasteiger partial charge in [0.1, 0.15) is 6.67 Å². The Morgan fingerprint density at radius 2 is 1.75 bits per heavy atom. The average Bonchev–Trinajstić information content (AvgIpc) is 3.31. The Hall–Kier alpha value is -3.46. The van der Waals surface area contributed by atoms with Gasteiger partial charge in [0.2, 0.25) is 5.91 Å². The van der Waals surface area contributed by atoms with Gasteiger partial charge in [-0.1, -0.05) is 18.2 Å². The SMILES string of the molecule is CC(=O)N1c2ccc(-c3ccc(S(C)(=O)=O)cc3)cc2N(C(=O)c2ccco2)C[C@@H]1CF. The van der Waals surface area contributed by atoms with Crippen molar-refractivity contribution in [2.45, 2.75) is 17.9 Å². The Balaban J connectivity index is 1.83. The first-order valence-corrected chi connectivity index (χ1v) is 11.8. The van der Waals surface area contributed by atoms with Crippen LogP contribution in [0.4, 0.5) is 15.8 Å². The normalized spacial score (nSPS) is 16.0. The highest BCUT2D eigenvalue weighted by Gasteiger charge is 2.37. The molecule has 4 rings (SSSR count). The summed E-state index contributed by atoms with van der Waals surface area (Å²) in [7, 11) is -3.33. The predicted octanol–water partition coefficient (Wildman–Crippen LogP) is 3.70. The van der Waals surface area contributed by atoms with Gasteiger partial charge in [0, 0.05) is 19.7 Å². The van der Waals surface area contributed by atoms with Crippen LogP contribution < -0.4 is 9.80 Å². The lowest BCUT2D eigenvalue weighted by Gasteiger charge is -2.41. The molecule has 2 aromatic carbocycles. The second-order valence-electron chi connectivity index (χ2n) is 7.59. The topological polar surface area (TPSA) is 87.9 Å². The minimum Gasteiger partial charge on any atom is -0.459 e. The molecule has 0 saturated carbocycles. The first kappa shape index (κ1) is 21.8. The molecule has 2 heterocycles. The number of furan rings is 1. The van der Waals surface area contributed by atoms with Gasteiger partial charge < -0.3 is 14.2 Å². The van der Waals surface area contributed by atoms with Crippen molar-refractivity contribution in [1.82, 2.24) is 0 Å². The van der Waals surface area contributed by atoms with E-state index in [2.05, 4.69) is 0 Å². The molecule has 1 aliphatic heterocycles. The summed E-state index contributed by atoms with van der Waals surface area (Å²) in [5.74, 6) is -0.667. The summed E-state index contributed by atoms with van der Waals surface area (Å²) < 4.78 is 42.6. The second kappa shape index (κ2) is 8.23. The quantitative estimate of drug-likeness (QED) is 0.597. The smallest absolute Gasteiger partial charge is 0.294 e. The maximum absolute atomic E-state index is 13.8. The number of alkyl halides is 1. The Morgan fingerprint density at radius 3 is 2.31 bits per heavy atom. The van der Waals surface area contributed by atoms with E-state index in [4.69, 9.17) is 4.42 Å². The maximum atomic E-state index is 13.8. The number of carbonyl (C=O) groups is 2. The van der Waals surface area contributed by atoms with Crippen molar-refractivity contribution in [2.24, 2.45) is 0 Å². The molecule has 0 bridgehead atoms. The molecule has 0 N–H and O–H groups in total. The predicted molar refractivity (Wildman–Crippen MR) is 118 cm³/mol. The van der Waals surface area contributed by atoms with Crippen molar-refractivity contribution < 1.29 is 26.8 Å². The first-order valence-electron chi connectivity index (χ1n) is 9.86. The number of hydrogen-bond donors (Lipinski definition) is 0. The lowest BCUT2D eigenvalue weighted by molar-refractivity contribution is -0.117. The summed E-state index contributed by atoms with van der Waals surface area (Å²) in [6, 6.07) is 13.8. The minimum absolute atomic E-state index is 0.0287. The molecule has 0 fully saturated rings. The van der Waals surface area contributed by atoms with E-state index in [-0.39, 0.29) is 23.1 Å². The molecular weight excluding hydrogens is 435 g/mol. The summed E-state index contributed by atoms with van der Waals surface area (Å²) in [5, 5.41) is 0. The van der Waals surface area contributed by atoms with Crippen LogP contribution >= 0.6 is 0 Å². The van der Waals surface area contributed by atoms with Crippen molar-refractivity contribution in [3.05, 3.63) is 66.6 Å². The zero-order chi connectivity index (χ0) is 23.0. The highest BCUT2D eigenvalue weighted by molar-refractivity contribution is 7.90. The van der Waals surface area contributed by atoms with Crippen LogP contribution in [0.3, 0.4) is 0 Å². The molecule has 7 nitrogen and oxygen atoms in total. The van der Waals surface area contributed by atoms with E-state index in [1.165, 1.54) is 41.2 Å². The molecular formula is C23H21FN2O5S. The molecule has 32 heavy (non-hydrogen) atoms. The number of hydrogen-bond acceptors (Lipinski definition) is 5. The number of benzene rings is 2. The summed E-state index contributed by atoms with van der Waals surface area (Å²) in [4.78, 5) is 28.4. The fraction of sp³-hybridized carbons (Fsp3) is 0.217. The Labute approximate surface area is 185 Å². The van der Waals surface area contributed by atoms with Crippen LogP contribution in [0.15, 0.2) is 70.2 Å². The van der Waals surface area contributed by atoms with E-state index in [0.29, 0.717) is 16.9 Å². The largest absolute Gasteiger partial charge is 0.459 e. The number of sulfone groups is 1. The van der Waals surface area contributed by atoms with Crippen molar-refractivity contribution in [2.75, 3.05) is 29.3 Å². The summed E-state index contributed by atoms with van der Waals surface area (Å²) in [6.07, 6.45) is 2.52. The molecule has 0 aliphatic carbocycles. The van der Waals surface area contributed by atoms with Crippen molar-refractivity contribution in [3.8, 4) is 11.1 Å². The Kier molecular flexibility index (Phi) is 5.60. The average molecular weight is 456 g/mol. The molecule has 1 aliphatic rings. The summed E-state index contributed by atoms with van der Waals surface area (Å²) in [6.45, 7) is 0.517. The molecule has 0 unspecified atom stereocenters. The van der Waals surface area contributed by atoms with Gasteiger partial charge in [-0.05, 0) is 47.5 Å². The molecule has 166 valence electrons. The highest BCUT2D eigenvalue weighted by atomic mass is 32.2. The number of carbonyl (C=O) groups excluding carboxylic acids is 2. The molecule has 1 atom stereocenters. The van der Waals surface area contributed by atoms with E-state index >= 15 is 0 Å². The van der Waals surface area contributed by atoms with Crippen LogP contribution in [0.1, 0.15) is 17.5 Å². The lowest BCUT2D eigenvalue weighted by atomic mass is 10.00. The molecule has 3 aromatic rings. The van der Waals surface area contributed by atoms with Crippen LogP contribution in [-0.4, -0.2) is 45.7 Å². The number of amides is 2. The number of rotatable bonds is 4. The Morgan fingerprint density at radius 1 is 1.06 bits per heavy atom. The van der Waals surface area contributed by atoms with E-state index < -0.39 is 28.5 Å². The van der Waals surface area contributed by atoms with Crippen LogP contribution in [-0.2, 0) is 14.6 Å². The number of nitrogens with zero attached hydrogens (tertiary/aromatic N) is 2. The number of fused-ring (bicyclic) bond motifs is 1. The fourth-order valence-corrected chi connectivity index (χ4v) is 4.51. The van der Waals surface area contributed by atoms with Gasteiger partial charge in [0.05, 0.1) is 28.6 Å². The second-order valence-corrected chi connectivity index (χ2v) is 9.61. The van der Waals surface area contributed by atoms with Gasteiger partial charge in [0.15, 0.2) is 15.6 Å². The molecule has 0 saturated heterocycles. The van der Waals surface area contributed by atoms with Crippen molar-refractivity contribution in [1.29, 1.82) is 0 Å². The number of halogens is 1. The van der Waals surface area contributed by atoms with Crippen LogP contribution in [0, 0.1) is 0 Å². The minimum atomic E-state index is -3.33. The van der Waals surface area contributed by atoms with Crippen LogP contribution in [0.5, 0.6) is 0 Å². The number of anilines is 2. The molecule has 0 radical (unpaired) electrons. The first-order chi connectivity index (χ1) is 15.2. The molecule has 9 heteroatoms. The zero-order valence-corrected chi connectivity index (χ0v) is 18.3. The van der Waals surface area contributed by atoms with E-state index in [1.807, 2.05) is 0 Å². The van der Waals surface area contributed by atoms with Gasteiger partial charge in [-0.2, -0.15) is 0 Å². The van der Waals surface area contributed by atoms with Crippen molar-refractivity contribution in [3.63, 3.8) is 0 Å². The molecule has 0 spiro atoms. The summed E-state index contributed by atoms with van der Waals surface area (Å²) >= 11 is 0. The van der Waals surface area contributed by atoms with Gasteiger partial charge in [0.25, 0.3) is 5.91 Å². The third-order valence-corrected chi connectivity index (χ3v) is 6.52. The fourth-order valence-electron chi connectivity index (χ4n) is 3.88. The van der Waals surface area contributed by atoms with Gasteiger partial charge >= 0.3 is 0 Å². The van der Waals surface area contributed by atoms with Gasteiger partial charge in [-0.3, -0.25) is 9.59 Å². The zero-order valence-electron chi connectivity index (χ0n) is 17.5. The van der Waals surface area contributed by atoms with Crippen LogP contribution in [0.25, 0.3) is 11.1 Å². The monoisotopic (exact) mass is 456 g/mol. The van der Waals surface area contributed by atoms with E-state index in [1.54, 1.807) is 36.4 Å². The van der Waals surface area contributed by atoms with Crippen LogP contribution in [0.2, 0.25) is 0 Å². The van der Waals surface area contributed by atoms with E-state index in [0.717, 1.165) is 11.8 Å². The lowest BCUT2D eigenvalue weighted by Crippen LogP contribution is -2.53. The third-order valence-electron chi connectivity index (χ3n) is 5.39. The van der Waals surface area contributed by atoms with E-state index in [9.17, 15) is 22.4 Å². The Bertz CT molecular complexity index is 1270. The van der Waals surface area contributed by atoms with Gasteiger partial charge in [-0.25, -0.2) is 12.8 Å². The van der Waals surface area contributed by atoms with Crippen molar-refractivity contribution >= 4 is 33.0 Å². The summed E-state index contributed by atoms with van der Waals surface area (Å²) in [5.41, 5.74) is 2.30.